The van der Waals surface area contributed by atoms with E-state index in [0.717, 1.165) is 30.9 Å². The first kappa shape index (κ1) is 24.0. The molecule has 0 aliphatic rings. The van der Waals surface area contributed by atoms with Crippen molar-refractivity contribution in [3.8, 4) is 5.75 Å². The summed E-state index contributed by atoms with van der Waals surface area (Å²) in [5, 5.41) is 6.02. The van der Waals surface area contributed by atoms with Crippen LogP contribution in [-0.4, -0.2) is 49.5 Å². The highest BCUT2D eigenvalue weighted by Gasteiger charge is 2.12. The van der Waals surface area contributed by atoms with E-state index in [1.807, 2.05) is 24.3 Å². The zero-order valence-corrected chi connectivity index (χ0v) is 18.7. The number of likely N-dealkylation sites (N-methyl/N-ethyl adjacent to an activating group) is 1. The Morgan fingerprint density at radius 3 is 2.47 bits per heavy atom. The van der Waals surface area contributed by atoms with Crippen LogP contribution in [0.15, 0.2) is 42.5 Å². The SMILES string of the molecule is CCN(CC)CCOc1ccccc1CNC(=O)CNC(=O)c1ccc(Cl)cc1Cl. The first-order chi connectivity index (χ1) is 14.4. The smallest absolute Gasteiger partial charge is 0.253 e. The number of benzene rings is 2. The molecular weight excluding hydrogens is 425 g/mol. The number of rotatable bonds is 11. The van der Waals surface area contributed by atoms with Gasteiger partial charge >= 0.3 is 0 Å². The number of nitrogens with zero attached hydrogens (tertiary/aromatic N) is 1. The van der Waals surface area contributed by atoms with E-state index in [9.17, 15) is 9.59 Å². The van der Waals surface area contributed by atoms with Crippen molar-refractivity contribution in [2.24, 2.45) is 0 Å². The summed E-state index contributed by atoms with van der Waals surface area (Å²) in [5.41, 5.74) is 1.14. The number of para-hydroxylation sites is 1. The van der Waals surface area contributed by atoms with Gasteiger partial charge in [0.1, 0.15) is 12.4 Å². The second kappa shape index (κ2) is 12.4. The fourth-order valence-electron chi connectivity index (χ4n) is 2.80. The molecule has 2 amide bonds. The largest absolute Gasteiger partial charge is 0.492 e. The van der Waals surface area contributed by atoms with E-state index in [4.69, 9.17) is 27.9 Å². The van der Waals surface area contributed by atoms with E-state index in [2.05, 4.69) is 29.4 Å². The first-order valence-corrected chi connectivity index (χ1v) is 10.6. The molecule has 8 heteroatoms. The fraction of sp³-hybridized carbons (Fsp3) is 0.364. The Morgan fingerprint density at radius 1 is 1.03 bits per heavy atom. The summed E-state index contributed by atoms with van der Waals surface area (Å²) >= 11 is 11.8. The molecule has 2 rings (SSSR count). The summed E-state index contributed by atoms with van der Waals surface area (Å²) in [4.78, 5) is 26.6. The molecule has 0 aliphatic heterocycles. The number of ether oxygens (including phenoxy) is 1. The van der Waals surface area contributed by atoms with Gasteiger partial charge in [0.15, 0.2) is 0 Å². The average Bonchev–Trinajstić information content (AvgIpc) is 2.74. The number of carbonyl (C=O) groups is 2. The van der Waals surface area contributed by atoms with Crippen molar-refractivity contribution in [3.63, 3.8) is 0 Å². The number of amides is 2. The van der Waals surface area contributed by atoms with Crippen LogP contribution in [0.3, 0.4) is 0 Å². The molecule has 0 unspecified atom stereocenters. The van der Waals surface area contributed by atoms with E-state index in [1.54, 1.807) is 6.07 Å². The van der Waals surface area contributed by atoms with E-state index in [1.165, 1.54) is 12.1 Å². The monoisotopic (exact) mass is 451 g/mol. The minimum Gasteiger partial charge on any atom is -0.492 e. The standard InChI is InChI=1S/C22H27Cl2N3O3/c1-3-27(4-2)11-12-30-20-8-6-5-7-16(20)14-25-21(28)15-26-22(29)18-10-9-17(23)13-19(18)24/h5-10,13H,3-4,11-12,14-15H2,1-2H3,(H,25,28)(H,26,29). The number of carbonyl (C=O) groups excluding carboxylic acids is 2. The van der Waals surface area contributed by atoms with Crippen LogP contribution in [0.1, 0.15) is 29.8 Å². The molecule has 0 atom stereocenters. The molecule has 0 saturated heterocycles. The van der Waals surface area contributed by atoms with Crippen LogP contribution in [0.4, 0.5) is 0 Å². The van der Waals surface area contributed by atoms with Gasteiger partial charge in [-0.2, -0.15) is 0 Å². The van der Waals surface area contributed by atoms with Gasteiger partial charge in [0.2, 0.25) is 5.91 Å². The van der Waals surface area contributed by atoms with Crippen LogP contribution in [-0.2, 0) is 11.3 Å². The molecule has 0 spiro atoms. The molecule has 0 radical (unpaired) electrons. The molecule has 0 bridgehead atoms. The molecular formula is C22H27Cl2N3O3. The van der Waals surface area contributed by atoms with Gasteiger partial charge < -0.3 is 20.3 Å². The third-order valence-electron chi connectivity index (χ3n) is 4.59. The van der Waals surface area contributed by atoms with Gasteiger partial charge in [0, 0.05) is 23.7 Å². The maximum absolute atomic E-state index is 12.2. The molecule has 6 nitrogen and oxygen atoms in total. The van der Waals surface area contributed by atoms with Crippen molar-refractivity contribution in [3.05, 3.63) is 63.6 Å². The van der Waals surface area contributed by atoms with Crippen LogP contribution in [0, 0.1) is 0 Å². The van der Waals surface area contributed by atoms with E-state index in [0.29, 0.717) is 18.2 Å². The van der Waals surface area contributed by atoms with Crippen LogP contribution in [0.25, 0.3) is 0 Å². The Hall–Kier alpha value is -2.28. The van der Waals surface area contributed by atoms with Gasteiger partial charge in [-0.3, -0.25) is 9.59 Å². The summed E-state index contributed by atoms with van der Waals surface area (Å²) in [6.45, 7) is 7.74. The van der Waals surface area contributed by atoms with Gasteiger partial charge in [0.25, 0.3) is 5.91 Å². The molecule has 2 N–H and O–H groups in total. The highest BCUT2D eigenvalue weighted by atomic mass is 35.5. The van der Waals surface area contributed by atoms with Crippen LogP contribution in [0.5, 0.6) is 5.75 Å². The zero-order valence-electron chi connectivity index (χ0n) is 17.2. The summed E-state index contributed by atoms with van der Waals surface area (Å²) in [6.07, 6.45) is 0. The highest BCUT2D eigenvalue weighted by molar-refractivity contribution is 6.36. The van der Waals surface area contributed by atoms with E-state index < -0.39 is 5.91 Å². The molecule has 0 aliphatic carbocycles. The molecule has 0 aromatic heterocycles. The third kappa shape index (κ3) is 7.52. The second-order valence-corrected chi connectivity index (χ2v) is 7.41. The lowest BCUT2D eigenvalue weighted by molar-refractivity contribution is -0.120. The maximum Gasteiger partial charge on any atom is 0.253 e. The Morgan fingerprint density at radius 2 is 1.77 bits per heavy atom. The summed E-state index contributed by atoms with van der Waals surface area (Å²) < 4.78 is 5.89. The molecule has 0 saturated carbocycles. The van der Waals surface area contributed by atoms with Gasteiger partial charge in [-0.25, -0.2) is 0 Å². The number of halogens is 2. The summed E-state index contributed by atoms with van der Waals surface area (Å²) in [6, 6.07) is 12.1. The highest BCUT2D eigenvalue weighted by Crippen LogP contribution is 2.21. The summed E-state index contributed by atoms with van der Waals surface area (Å²) in [5.74, 6) is -0.0136. The second-order valence-electron chi connectivity index (χ2n) is 6.57. The normalized spacial score (nSPS) is 10.7. The quantitative estimate of drug-likeness (QED) is 0.545. The van der Waals surface area contributed by atoms with Crippen molar-refractivity contribution in [1.29, 1.82) is 0 Å². The minimum absolute atomic E-state index is 0.164. The van der Waals surface area contributed by atoms with Gasteiger partial charge in [-0.05, 0) is 37.4 Å². The van der Waals surface area contributed by atoms with Gasteiger partial charge in [-0.15, -0.1) is 0 Å². The minimum atomic E-state index is -0.438. The lowest BCUT2D eigenvalue weighted by Gasteiger charge is -2.19. The topological polar surface area (TPSA) is 70.7 Å². The Kier molecular flexibility index (Phi) is 9.94. The lowest BCUT2D eigenvalue weighted by atomic mass is 10.2. The van der Waals surface area contributed by atoms with Gasteiger partial charge in [0.05, 0.1) is 17.1 Å². The molecule has 0 heterocycles. The zero-order chi connectivity index (χ0) is 21.9. The number of hydrogen-bond acceptors (Lipinski definition) is 4. The predicted octanol–water partition coefficient (Wildman–Crippen LogP) is 3.76. The Balaban J connectivity index is 1.82. The predicted molar refractivity (Wildman–Crippen MR) is 120 cm³/mol. The van der Waals surface area contributed by atoms with E-state index >= 15 is 0 Å². The summed E-state index contributed by atoms with van der Waals surface area (Å²) in [7, 11) is 0. The van der Waals surface area contributed by atoms with Crippen LogP contribution >= 0.6 is 23.2 Å². The molecule has 162 valence electrons. The third-order valence-corrected chi connectivity index (χ3v) is 5.14. The van der Waals surface area contributed by atoms with Crippen LogP contribution < -0.4 is 15.4 Å². The lowest BCUT2D eigenvalue weighted by Crippen LogP contribution is -2.36. The molecule has 30 heavy (non-hydrogen) atoms. The van der Waals surface area contributed by atoms with Gasteiger partial charge in [-0.1, -0.05) is 55.2 Å². The fourth-order valence-corrected chi connectivity index (χ4v) is 3.30. The van der Waals surface area contributed by atoms with Crippen molar-refractivity contribution < 1.29 is 14.3 Å². The Labute approximate surface area is 187 Å². The first-order valence-electron chi connectivity index (χ1n) is 9.87. The van der Waals surface area contributed by atoms with Crippen LogP contribution in [0.2, 0.25) is 10.0 Å². The average molecular weight is 452 g/mol. The number of nitrogens with one attached hydrogen (secondary N) is 2. The van der Waals surface area contributed by atoms with Crippen molar-refractivity contribution in [1.82, 2.24) is 15.5 Å². The number of hydrogen-bond donors (Lipinski definition) is 2. The van der Waals surface area contributed by atoms with E-state index in [-0.39, 0.29) is 23.0 Å². The van der Waals surface area contributed by atoms with Crippen molar-refractivity contribution in [2.75, 3.05) is 32.8 Å². The van der Waals surface area contributed by atoms with Crippen molar-refractivity contribution in [2.45, 2.75) is 20.4 Å². The Bertz CT molecular complexity index is 857. The molecule has 2 aromatic rings. The van der Waals surface area contributed by atoms with Crippen molar-refractivity contribution >= 4 is 35.0 Å². The molecule has 2 aromatic carbocycles. The maximum atomic E-state index is 12.2. The molecule has 0 fully saturated rings.